The number of nitrogens with one attached hydrogen (secondary N) is 4. The lowest BCUT2D eigenvalue weighted by molar-refractivity contribution is -0.129. The Labute approximate surface area is 187 Å². The van der Waals surface area contributed by atoms with Crippen molar-refractivity contribution in [2.75, 3.05) is 16.9 Å². The summed E-state index contributed by atoms with van der Waals surface area (Å²) in [6, 6.07) is 12.8. The predicted molar refractivity (Wildman–Crippen MR) is 116 cm³/mol. The molecule has 2 fully saturated rings. The average Bonchev–Trinajstić information content (AvgIpc) is 3.38. The van der Waals surface area contributed by atoms with Crippen molar-refractivity contribution in [1.82, 2.24) is 25.8 Å². The SMILES string of the molecule is Cc1cc(NC(=O)c2ccc(F)cc2)n(C2NC(=O)C3CNN(c4ccc(F)cc4)C3N2)n1. The molecule has 0 saturated carbocycles. The van der Waals surface area contributed by atoms with Crippen LogP contribution >= 0.6 is 0 Å². The monoisotopic (exact) mass is 453 g/mol. The maximum absolute atomic E-state index is 13.4. The van der Waals surface area contributed by atoms with Crippen LogP contribution in [0.2, 0.25) is 0 Å². The van der Waals surface area contributed by atoms with E-state index >= 15 is 0 Å². The molecule has 9 nitrogen and oxygen atoms in total. The molecule has 3 unspecified atom stereocenters. The Hall–Kier alpha value is -3.83. The number of rotatable bonds is 4. The highest BCUT2D eigenvalue weighted by atomic mass is 19.1. The number of amides is 2. The summed E-state index contributed by atoms with van der Waals surface area (Å²) in [4.78, 5) is 25.5. The standard InChI is InChI=1S/C22H21F2N7O2/c1-12-10-18(26-20(32)13-2-4-14(23)5-3-13)31(29-12)22-27-19-17(21(33)28-22)11-25-30(19)16-8-6-15(24)7-9-16/h2-10,17,19,22,25,27H,11H2,1H3,(H,26,32)(H,28,33). The van der Waals surface area contributed by atoms with Gasteiger partial charge in [0.2, 0.25) is 5.91 Å². The van der Waals surface area contributed by atoms with Gasteiger partial charge in [-0.3, -0.25) is 19.9 Å². The van der Waals surface area contributed by atoms with E-state index in [1.807, 2.05) is 0 Å². The number of benzene rings is 2. The van der Waals surface area contributed by atoms with Gasteiger partial charge in [0.05, 0.1) is 17.3 Å². The summed E-state index contributed by atoms with van der Waals surface area (Å²) in [7, 11) is 0. The van der Waals surface area contributed by atoms with Gasteiger partial charge in [-0.05, 0) is 55.5 Å². The normalized spacial score (nSPS) is 22.1. The van der Waals surface area contributed by atoms with E-state index in [4.69, 9.17) is 0 Å². The molecule has 2 aromatic carbocycles. The van der Waals surface area contributed by atoms with E-state index in [9.17, 15) is 18.4 Å². The molecule has 2 amide bonds. The van der Waals surface area contributed by atoms with E-state index in [1.54, 1.807) is 30.1 Å². The Morgan fingerprint density at radius 2 is 1.76 bits per heavy atom. The first-order valence-electron chi connectivity index (χ1n) is 10.4. The molecule has 11 heteroatoms. The minimum absolute atomic E-state index is 0.190. The van der Waals surface area contributed by atoms with Crippen LogP contribution in [0.1, 0.15) is 22.3 Å². The molecular formula is C22H21F2N7O2. The van der Waals surface area contributed by atoms with Gasteiger partial charge in [0.25, 0.3) is 5.91 Å². The van der Waals surface area contributed by atoms with Gasteiger partial charge in [-0.2, -0.15) is 5.10 Å². The van der Waals surface area contributed by atoms with Gasteiger partial charge < -0.3 is 10.6 Å². The lowest BCUT2D eigenvalue weighted by atomic mass is 10.0. The highest BCUT2D eigenvalue weighted by Crippen LogP contribution is 2.28. The molecule has 2 aliphatic rings. The Morgan fingerprint density at radius 1 is 1.09 bits per heavy atom. The molecule has 3 atom stereocenters. The Morgan fingerprint density at radius 3 is 2.45 bits per heavy atom. The summed E-state index contributed by atoms with van der Waals surface area (Å²) in [6.07, 6.45) is -1.18. The zero-order valence-electron chi connectivity index (χ0n) is 17.5. The molecule has 0 aliphatic carbocycles. The van der Waals surface area contributed by atoms with Crippen LogP contribution < -0.4 is 26.4 Å². The fourth-order valence-electron chi connectivity index (χ4n) is 4.04. The van der Waals surface area contributed by atoms with Gasteiger partial charge in [0.1, 0.15) is 23.6 Å². The molecule has 4 N–H and O–H groups in total. The number of hydrogen-bond donors (Lipinski definition) is 4. The quantitative estimate of drug-likeness (QED) is 0.481. The third-order valence-corrected chi connectivity index (χ3v) is 5.64. The number of anilines is 2. The molecule has 170 valence electrons. The second-order valence-corrected chi connectivity index (χ2v) is 7.91. The van der Waals surface area contributed by atoms with Gasteiger partial charge >= 0.3 is 0 Å². The number of halogens is 2. The summed E-state index contributed by atoms with van der Waals surface area (Å²) in [5.74, 6) is -1.45. The van der Waals surface area contributed by atoms with Crippen LogP contribution in [0.5, 0.6) is 0 Å². The van der Waals surface area contributed by atoms with Crippen molar-refractivity contribution in [2.45, 2.75) is 19.4 Å². The second kappa shape index (κ2) is 8.26. The van der Waals surface area contributed by atoms with Crippen molar-refractivity contribution in [3.63, 3.8) is 0 Å². The molecule has 0 radical (unpaired) electrons. The van der Waals surface area contributed by atoms with Crippen molar-refractivity contribution in [3.05, 3.63) is 77.5 Å². The number of carbonyl (C=O) groups is 2. The topological polar surface area (TPSA) is 103 Å². The molecule has 3 aromatic rings. The number of hydrogen-bond acceptors (Lipinski definition) is 6. The summed E-state index contributed by atoms with van der Waals surface area (Å²) >= 11 is 0. The van der Waals surface area contributed by atoms with E-state index in [2.05, 4.69) is 26.5 Å². The van der Waals surface area contributed by atoms with Crippen LogP contribution in [0.25, 0.3) is 0 Å². The van der Waals surface area contributed by atoms with Crippen LogP contribution in [0, 0.1) is 24.5 Å². The third kappa shape index (κ3) is 4.03. The van der Waals surface area contributed by atoms with Crippen LogP contribution in [-0.2, 0) is 4.79 Å². The Balaban J connectivity index is 1.39. The number of hydrazine groups is 1. The van der Waals surface area contributed by atoms with E-state index < -0.39 is 24.2 Å². The number of fused-ring (bicyclic) bond motifs is 1. The summed E-state index contributed by atoms with van der Waals surface area (Å²) in [5.41, 5.74) is 4.78. The number of aryl methyl sites for hydroxylation is 1. The zero-order chi connectivity index (χ0) is 23.1. The van der Waals surface area contributed by atoms with Gasteiger partial charge in [-0.1, -0.05) is 0 Å². The third-order valence-electron chi connectivity index (χ3n) is 5.64. The van der Waals surface area contributed by atoms with Crippen molar-refractivity contribution < 1.29 is 18.4 Å². The molecule has 1 aromatic heterocycles. The lowest BCUT2D eigenvalue weighted by Gasteiger charge is -2.37. The largest absolute Gasteiger partial charge is 0.321 e. The molecule has 0 spiro atoms. The van der Waals surface area contributed by atoms with E-state index in [0.29, 0.717) is 23.7 Å². The maximum Gasteiger partial charge on any atom is 0.256 e. The minimum Gasteiger partial charge on any atom is -0.321 e. The first-order chi connectivity index (χ1) is 15.9. The summed E-state index contributed by atoms with van der Waals surface area (Å²) in [5, 5.41) is 15.2. The van der Waals surface area contributed by atoms with E-state index in [1.165, 1.54) is 41.1 Å². The van der Waals surface area contributed by atoms with Crippen LogP contribution in [0.15, 0.2) is 54.6 Å². The van der Waals surface area contributed by atoms with Gasteiger partial charge in [-0.25, -0.2) is 18.9 Å². The molecule has 3 heterocycles. The lowest BCUT2D eigenvalue weighted by Crippen LogP contribution is -2.61. The van der Waals surface area contributed by atoms with Crippen LogP contribution in [0.3, 0.4) is 0 Å². The van der Waals surface area contributed by atoms with Crippen molar-refractivity contribution >= 4 is 23.3 Å². The van der Waals surface area contributed by atoms with Crippen molar-refractivity contribution in [1.29, 1.82) is 0 Å². The van der Waals surface area contributed by atoms with Gasteiger partial charge in [0, 0.05) is 18.2 Å². The van der Waals surface area contributed by atoms with Crippen molar-refractivity contribution in [2.24, 2.45) is 5.92 Å². The number of carbonyl (C=O) groups excluding carboxylic acids is 2. The predicted octanol–water partition coefficient (Wildman–Crippen LogP) is 1.86. The molecule has 5 rings (SSSR count). The minimum atomic E-state index is -0.751. The average molecular weight is 453 g/mol. The first-order valence-corrected chi connectivity index (χ1v) is 10.4. The highest BCUT2D eigenvalue weighted by Gasteiger charge is 2.45. The van der Waals surface area contributed by atoms with Gasteiger partial charge in [-0.15, -0.1) is 0 Å². The van der Waals surface area contributed by atoms with Crippen molar-refractivity contribution in [3.8, 4) is 0 Å². The fourth-order valence-corrected chi connectivity index (χ4v) is 4.04. The molecule has 0 bridgehead atoms. The smallest absolute Gasteiger partial charge is 0.256 e. The maximum atomic E-state index is 13.4. The number of aromatic nitrogens is 2. The molecule has 2 saturated heterocycles. The summed E-state index contributed by atoms with van der Waals surface area (Å²) in [6.45, 7) is 2.17. The zero-order valence-corrected chi connectivity index (χ0v) is 17.5. The number of nitrogens with zero attached hydrogens (tertiary/aromatic N) is 3. The molecular weight excluding hydrogens is 432 g/mol. The fraction of sp³-hybridized carbons (Fsp3) is 0.227. The van der Waals surface area contributed by atoms with E-state index in [0.717, 1.165) is 0 Å². The highest BCUT2D eigenvalue weighted by molar-refractivity contribution is 6.03. The second-order valence-electron chi connectivity index (χ2n) is 7.91. The molecule has 33 heavy (non-hydrogen) atoms. The molecule has 2 aliphatic heterocycles. The van der Waals surface area contributed by atoms with Crippen LogP contribution in [-0.4, -0.2) is 34.3 Å². The summed E-state index contributed by atoms with van der Waals surface area (Å²) < 4.78 is 28.0. The Kier molecular flexibility index (Phi) is 5.27. The van der Waals surface area contributed by atoms with Gasteiger partial charge in [0.15, 0.2) is 6.29 Å². The van der Waals surface area contributed by atoms with Crippen LogP contribution in [0.4, 0.5) is 20.3 Å². The Bertz CT molecular complexity index is 1200. The van der Waals surface area contributed by atoms with E-state index in [-0.39, 0.29) is 23.2 Å². The first kappa shape index (κ1) is 21.0.